The lowest BCUT2D eigenvalue weighted by Crippen LogP contribution is -2.19. The molecule has 26 heavy (non-hydrogen) atoms. The van der Waals surface area contributed by atoms with Crippen LogP contribution in [-0.2, 0) is 0 Å². The van der Waals surface area contributed by atoms with Gasteiger partial charge < -0.3 is 11.1 Å². The minimum atomic E-state index is -0.278. The number of hydrogen-bond donors (Lipinski definition) is 2. The molecule has 0 amide bonds. The molecule has 0 unspecified atom stereocenters. The van der Waals surface area contributed by atoms with Gasteiger partial charge in [0.2, 0.25) is 5.95 Å². The van der Waals surface area contributed by atoms with Crippen molar-refractivity contribution in [1.29, 1.82) is 0 Å². The molecule has 0 aliphatic heterocycles. The maximum absolute atomic E-state index is 13.0. The fourth-order valence-corrected chi connectivity index (χ4v) is 3.49. The zero-order valence-corrected chi connectivity index (χ0v) is 15.5. The lowest BCUT2D eigenvalue weighted by molar-refractivity contribution is 0.377. The number of nitrogens with zero attached hydrogens (tertiary/aromatic N) is 2. The Bertz CT molecular complexity index is 851. The van der Waals surface area contributed by atoms with Gasteiger partial charge in [-0.25, -0.2) is 9.37 Å². The van der Waals surface area contributed by atoms with Crippen LogP contribution >= 0.6 is 0 Å². The van der Waals surface area contributed by atoms with Crippen LogP contribution in [0, 0.1) is 11.2 Å². The largest absolute Gasteiger partial charge is 0.368 e. The highest BCUT2D eigenvalue weighted by atomic mass is 19.1. The van der Waals surface area contributed by atoms with E-state index < -0.39 is 0 Å². The number of benzene rings is 1. The van der Waals surface area contributed by atoms with Gasteiger partial charge in [0.05, 0.1) is 5.69 Å². The van der Waals surface area contributed by atoms with E-state index in [0.717, 1.165) is 17.8 Å². The van der Waals surface area contributed by atoms with Gasteiger partial charge in [-0.15, -0.1) is 0 Å². The Morgan fingerprint density at radius 1 is 1.15 bits per heavy atom. The number of hydrogen-bond acceptors (Lipinski definition) is 4. The van der Waals surface area contributed by atoms with Gasteiger partial charge in [0, 0.05) is 11.8 Å². The van der Waals surface area contributed by atoms with Gasteiger partial charge in [-0.2, -0.15) is 4.98 Å². The van der Waals surface area contributed by atoms with Gasteiger partial charge in [-0.1, -0.05) is 25.5 Å². The molecule has 3 N–H and O–H groups in total. The first-order chi connectivity index (χ1) is 12.3. The predicted octanol–water partition coefficient (Wildman–Crippen LogP) is 5.48. The molecule has 1 heterocycles. The van der Waals surface area contributed by atoms with Crippen LogP contribution in [0.5, 0.6) is 0 Å². The molecule has 0 saturated heterocycles. The molecule has 1 aliphatic rings. The van der Waals surface area contributed by atoms with Crippen molar-refractivity contribution in [3.63, 3.8) is 0 Å². The minimum absolute atomic E-state index is 0.173. The van der Waals surface area contributed by atoms with Crippen molar-refractivity contribution in [2.24, 2.45) is 5.41 Å². The molecular formula is C21H25FN4. The number of allylic oxidation sites excluding steroid dienone is 3. The van der Waals surface area contributed by atoms with Crippen LogP contribution in [-0.4, -0.2) is 9.97 Å². The Morgan fingerprint density at radius 2 is 1.88 bits per heavy atom. The average Bonchev–Trinajstić information content (AvgIpc) is 2.55. The van der Waals surface area contributed by atoms with Crippen LogP contribution < -0.4 is 11.1 Å². The lowest BCUT2D eigenvalue weighted by atomic mass is 9.72. The second kappa shape index (κ2) is 7.28. The summed E-state index contributed by atoms with van der Waals surface area (Å²) in [6.07, 6.45) is 7.71. The number of anilines is 3. The van der Waals surface area contributed by atoms with Gasteiger partial charge in [0.1, 0.15) is 11.6 Å². The molecule has 1 aromatic heterocycles. The number of nitrogens with one attached hydrogen (secondary N) is 1. The van der Waals surface area contributed by atoms with Gasteiger partial charge >= 0.3 is 0 Å². The molecule has 136 valence electrons. The fraction of sp³-hybridized carbons (Fsp3) is 0.333. The van der Waals surface area contributed by atoms with Gasteiger partial charge in [0.25, 0.3) is 0 Å². The highest BCUT2D eigenvalue weighted by Crippen LogP contribution is 2.40. The van der Waals surface area contributed by atoms with E-state index in [9.17, 15) is 4.39 Å². The molecule has 1 aliphatic carbocycles. The second-order valence-electron chi connectivity index (χ2n) is 7.43. The van der Waals surface area contributed by atoms with Crippen molar-refractivity contribution in [2.45, 2.75) is 40.0 Å². The van der Waals surface area contributed by atoms with Gasteiger partial charge in [-0.05, 0) is 67.5 Å². The summed E-state index contributed by atoms with van der Waals surface area (Å²) in [5.74, 6) is 0.503. The molecule has 3 rings (SSSR count). The minimum Gasteiger partial charge on any atom is -0.368 e. The number of halogens is 1. The molecule has 4 nitrogen and oxygen atoms in total. The van der Waals surface area contributed by atoms with Crippen LogP contribution in [0.4, 0.5) is 21.8 Å². The van der Waals surface area contributed by atoms with E-state index in [4.69, 9.17) is 5.73 Å². The fourth-order valence-electron chi connectivity index (χ4n) is 3.49. The van der Waals surface area contributed by atoms with Crippen LogP contribution in [0.2, 0.25) is 0 Å². The quantitative estimate of drug-likeness (QED) is 0.764. The first kappa shape index (κ1) is 18.1. The number of aromatic nitrogens is 2. The molecule has 0 bridgehead atoms. The van der Waals surface area contributed by atoms with Crippen LogP contribution in [0.15, 0.2) is 47.6 Å². The highest BCUT2D eigenvalue weighted by Gasteiger charge is 2.26. The Labute approximate surface area is 154 Å². The third-order valence-corrected chi connectivity index (χ3v) is 4.84. The van der Waals surface area contributed by atoms with E-state index in [1.54, 1.807) is 12.1 Å². The van der Waals surface area contributed by atoms with E-state index in [1.807, 2.05) is 12.1 Å². The Balaban J connectivity index is 1.84. The molecular weight excluding hydrogens is 327 g/mol. The van der Waals surface area contributed by atoms with E-state index in [-0.39, 0.29) is 17.2 Å². The first-order valence-electron chi connectivity index (χ1n) is 8.89. The molecule has 0 spiro atoms. The highest BCUT2D eigenvalue weighted by molar-refractivity contribution is 5.61. The zero-order valence-electron chi connectivity index (χ0n) is 15.5. The Kier molecular flexibility index (Phi) is 5.07. The second-order valence-corrected chi connectivity index (χ2v) is 7.43. The van der Waals surface area contributed by atoms with Gasteiger partial charge in [-0.3, -0.25) is 0 Å². The van der Waals surface area contributed by atoms with Gasteiger partial charge in [0.15, 0.2) is 0 Å². The summed E-state index contributed by atoms with van der Waals surface area (Å²) in [5.41, 5.74) is 10.3. The van der Waals surface area contributed by atoms with Crippen molar-refractivity contribution >= 4 is 23.5 Å². The average molecular weight is 352 g/mol. The summed E-state index contributed by atoms with van der Waals surface area (Å²) in [6.45, 7) is 6.77. The van der Waals surface area contributed by atoms with E-state index in [2.05, 4.69) is 42.1 Å². The van der Waals surface area contributed by atoms with Crippen molar-refractivity contribution in [3.8, 4) is 0 Å². The van der Waals surface area contributed by atoms with Crippen molar-refractivity contribution in [3.05, 3.63) is 59.1 Å². The van der Waals surface area contributed by atoms with Crippen LogP contribution in [0.1, 0.15) is 45.7 Å². The maximum atomic E-state index is 13.0. The third-order valence-electron chi connectivity index (χ3n) is 4.84. The summed E-state index contributed by atoms with van der Waals surface area (Å²) in [4.78, 5) is 8.51. The summed E-state index contributed by atoms with van der Waals surface area (Å²) in [6, 6.07) is 7.94. The first-order valence-corrected chi connectivity index (χ1v) is 8.89. The molecule has 0 saturated carbocycles. The zero-order chi connectivity index (χ0) is 18.7. The van der Waals surface area contributed by atoms with E-state index in [0.29, 0.717) is 5.82 Å². The number of nitrogen functional groups attached to an aromatic ring is 1. The summed E-state index contributed by atoms with van der Waals surface area (Å²) < 4.78 is 13.0. The number of rotatable bonds is 4. The Morgan fingerprint density at radius 3 is 2.58 bits per heavy atom. The van der Waals surface area contributed by atoms with Crippen molar-refractivity contribution in [2.75, 3.05) is 11.1 Å². The predicted molar refractivity (Wildman–Crippen MR) is 105 cm³/mol. The van der Waals surface area contributed by atoms with Crippen molar-refractivity contribution in [1.82, 2.24) is 9.97 Å². The number of nitrogens with two attached hydrogens (primary N) is 1. The SMILES string of the molecule is CC1=C(/C=C/c2cc(Nc3ccc(F)cc3)nc(N)n2)C(C)(C)CCC1. The molecule has 0 atom stereocenters. The van der Waals surface area contributed by atoms with E-state index in [1.165, 1.54) is 36.1 Å². The third kappa shape index (κ3) is 4.28. The van der Waals surface area contributed by atoms with Crippen molar-refractivity contribution < 1.29 is 4.39 Å². The summed E-state index contributed by atoms with van der Waals surface area (Å²) in [5, 5.41) is 3.13. The molecule has 2 aromatic rings. The van der Waals surface area contributed by atoms with E-state index >= 15 is 0 Å². The molecule has 1 aromatic carbocycles. The smallest absolute Gasteiger partial charge is 0.222 e. The summed E-state index contributed by atoms with van der Waals surface area (Å²) >= 11 is 0. The summed E-state index contributed by atoms with van der Waals surface area (Å²) in [7, 11) is 0. The lowest BCUT2D eigenvalue weighted by Gasteiger charge is -2.32. The molecule has 0 fully saturated rings. The Hall–Kier alpha value is -2.69. The molecule has 5 heteroatoms. The maximum Gasteiger partial charge on any atom is 0.222 e. The standard InChI is InChI=1S/C21H25FN4/c1-14-5-4-12-21(2,3)18(14)11-10-17-13-19(26-20(23)25-17)24-16-8-6-15(22)7-9-16/h6-11,13H,4-5,12H2,1-3H3,(H3,23,24,25,26)/b11-10+. The monoisotopic (exact) mass is 352 g/mol. The van der Waals surface area contributed by atoms with Crippen LogP contribution in [0.25, 0.3) is 6.08 Å². The molecule has 0 radical (unpaired) electrons. The normalized spacial score (nSPS) is 16.9. The topological polar surface area (TPSA) is 63.8 Å². The van der Waals surface area contributed by atoms with Crippen LogP contribution in [0.3, 0.4) is 0 Å².